The van der Waals surface area contributed by atoms with E-state index in [1.54, 1.807) is 31.2 Å². The standard InChI is InChI=1S/C18H17N5O2/c1-12(14-9-5-6-10-16(14)24)20-22-18-19-17(25)15(21-23-18)11-13-7-3-2-4-8-13/h2-10,24H,11H2,1H3,(H2,19,22,23,25)/b20-12+. The van der Waals surface area contributed by atoms with Crippen LogP contribution in [0.25, 0.3) is 0 Å². The predicted octanol–water partition coefficient (Wildman–Crippen LogP) is 2.30. The molecular weight excluding hydrogens is 318 g/mol. The fourth-order valence-corrected chi connectivity index (χ4v) is 2.29. The quantitative estimate of drug-likeness (QED) is 0.490. The number of hydrogen-bond acceptors (Lipinski definition) is 6. The maximum absolute atomic E-state index is 12.1. The summed E-state index contributed by atoms with van der Waals surface area (Å²) in [5.41, 5.74) is 4.78. The Kier molecular flexibility index (Phi) is 4.84. The van der Waals surface area contributed by atoms with Gasteiger partial charge in [0.05, 0.1) is 5.71 Å². The monoisotopic (exact) mass is 335 g/mol. The lowest BCUT2D eigenvalue weighted by atomic mass is 10.1. The Morgan fingerprint density at radius 3 is 2.56 bits per heavy atom. The smallest absolute Gasteiger partial charge is 0.274 e. The Morgan fingerprint density at radius 1 is 1.12 bits per heavy atom. The number of nitrogens with one attached hydrogen (secondary N) is 2. The van der Waals surface area contributed by atoms with Crippen LogP contribution in [0.15, 0.2) is 64.5 Å². The number of aromatic nitrogens is 3. The number of hydrogen-bond donors (Lipinski definition) is 3. The van der Waals surface area contributed by atoms with Crippen LogP contribution in [0.3, 0.4) is 0 Å². The summed E-state index contributed by atoms with van der Waals surface area (Å²) < 4.78 is 0. The minimum absolute atomic E-state index is 0.128. The van der Waals surface area contributed by atoms with Gasteiger partial charge in [-0.15, -0.1) is 10.2 Å². The summed E-state index contributed by atoms with van der Waals surface area (Å²) in [7, 11) is 0. The van der Waals surface area contributed by atoms with E-state index in [9.17, 15) is 9.90 Å². The van der Waals surface area contributed by atoms with Crippen LogP contribution in [0, 0.1) is 0 Å². The van der Waals surface area contributed by atoms with Crippen molar-refractivity contribution in [3.63, 3.8) is 0 Å². The Balaban J connectivity index is 1.74. The van der Waals surface area contributed by atoms with Gasteiger partial charge in [0.2, 0.25) is 5.95 Å². The van der Waals surface area contributed by atoms with E-state index >= 15 is 0 Å². The topological polar surface area (TPSA) is 103 Å². The Labute approximate surface area is 144 Å². The molecule has 2 aromatic carbocycles. The van der Waals surface area contributed by atoms with Crippen molar-refractivity contribution < 1.29 is 5.11 Å². The summed E-state index contributed by atoms with van der Waals surface area (Å²) in [4.78, 5) is 14.7. The van der Waals surface area contributed by atoms with Crippen LogP contribution in [-0.4, -0.2) is 26.0 Å². The van der Waals surface area contributed by atoms with Gasteiger partial charge in [-0.3, -0.25) is 9.78 Å². The molecule has 0 saturated carbocycles. The third-order valence-electron chi connectivity index (χ3n) is 3.60. The number of aromatic amines is 1. The summed E-state index contributed by atoms with van der Waals surface area (Å²) in [6.07, 6.45) is 0.406. The normalized spacial score (nSPS) is 11.3. The Morgan fingerprint density at radius 2 is 1.84 bits per heavy atom. The number of H-pyrrole nitrogens is 1. The fraction of sp³-hybridized carbons (Fsp3) is 0.111. The van der Waals surface area contributed by atoms with Crippen molar-refractivity contribution in [2.45, 2.75) is 13.3 Å². The van der Waals surface area contributed by atoms with Gasteiger partial charge in [-0.25, -0.2) is 5.43 Å². The molecule has 1 aromatic heterocycles. The molecule has 0 saturated heterocycles. The first-order valence-electron chi connectivity index (χ1n) is 7.72. The first kappa shape index (κ1) is 16.4. The molecule has 1 heterocycles. The van der Waals surface area contributed by atoms with E-state index < -0.39 is 0 Å². The zero-order chi connectivity index (χ0) is 17.6. The average Bonchev–Trinajstić information content (AvgIpc) is 2.63. The van der Waals surface area contributed by atoms with Crippen LogP contribution < -0.4 is 11.0 Å². The molecule has 0 bridgehead atoms. The van der Waals surface area contributed by atoms with Gasteiger partial charge in [0.25, 0.3) is 5.56 Å². The highest BCUT2D eigenvalue weighted by molar-refractivity contribution is 6.01. The second-order valence-electron chi connectivity index (χ2n) is 5.44. The Hall–Kier alpha value is -3.48. The van der Waals surface area contributed by atoms with E-state index in [-0.39, 0.29) is 17.3 Å². The van der Waals surface area contributed by atoms with Crippen LogP contribution in [0.4, 0.5) is 5.95 Å². The molecule has 0 amide bonds. The van der Waals surface area contributed by atoms with Gasteiger partial charge in [0.1, 0.15) is 11.4 Å². The van der Waals surface area contributed by atoms with Crippen LogP contribution in [0.1, 0.15) is 23.7 Å². The highest BCUT2D eigenvalue weighted by Crippen LogP contribution is 2.16. The van der Waals surface area contributed by atoms with Crippen molar-refractivity contribution >= 4 is 11.7 Å². The third-order valence-corrected chi connectivity index (χ3v) is 3.60. The molecule has 0 radical (unpaired) electrons. The van der Waals surface area contributed by atoms with Crippen molar-refractivity contribution in [3.05, 3.63) is 81.8 Å². The molecule has 7 nitrogen and oxygen atoms in total. The van der Waals surface area contributed by atoms with E-state index in [1.165, 1.54) is 0 Å². The number of aromatic hydroxyl groups is 1. The molecule has 0 aliphatic carbocycles. The third kappa shape index (κ3) is 4.08. The van der Waals surface area contributed by atoms with Gasteiger partial charge >= 0.3 is 0 Å². The van der Waals surface area contributed by atoms with Crippen LogP contribution >= 0.6 is 0 Å². The van der Waals surface area contributed by atoms with Gasteiger partial charge in [-0.1, -0.05) is 42.5 Å². The zero-order valence-electron chi connectivity index (χ0n) is 13.6. The maximum Gasteiger partial charge on any atom is 0.274 e. The summed E-state index contributed by atoms with van der Waals surface area (Å²) >= 11 is 0. The number of para-hydroxylation sites is 1. The summed E-state index contributed by atoms with van der Waals surface area (Å²) in [5, 5.41) is 21.8. The number of rotatable bonds is 5. The Bertz CT molecular complexity index is 951. The van der Waals surface area contributed by atoms with Gasteiger partial charge in [-0.05, 0) is 24.6 Å². The number of phenolic OH excluding ortho intramolecular Hbond substituents is 1. The van der Waals surface area contributed by atoms with Gasteiger partial charge < -0.3 is 5.11 Å². The molecule has 25 heavy (non-hydrogen) atoms. The number of phenols is 1. The zero-order valence-corrected chi connectivity index (χ0v) is 13.6. The molecule has 0 fully saturated rings. The van der Waals surface area contributed by atoms with E-state index in [4.69, 9.17) is 0 Å². The highest BCUT2D eigenvalue weighted by Gasteiger charge is 2.07. The van der Waals surface area contributed by atoms with Crippen LogP contribution in [-0.2, 0) is 6.42 Å². The van der Waals surface area contributed by atoms with E-state index in [1.807, 2.05) is 30.3 Å². The predicted molar refractivity (Wildman–Crippen MR) is 95.8 cm³/mol. The number of benzene rings is 2. The lowest BCUT2D eigenvalue weighted by Crippen LogP contribution is -2.19. The van der Waals surface area contributed by atoms with Gasteiger partial charge in [0.15, 0.2) is 0 Å². The molecule has 0 spiro atoms. The van der Waals surface area contributed by atoms with E-state index in [0.717, 1.165) is 5.56 Å². The molecule has 0 unspecified atom stereocenters. The van der Waals surface area contributed by atoms with Gasteiger partial charge in [0, 0.05) is 12.0 Å². The van der Waals surface area contributed by atoms with Crippen molar-refractivity contribution in [3.8, 4) is 5.75 Å². The second kappa shape index (κ2) is 7.39. The van der Waals surface area contributed by atoms with Crippen LogP contribution in [0.2, 0.25) is 0 Å². The first-order valence-corrected chi connectivity index (χ1v) is 7.72. The van der Waals surface area contributed by atoms with E-state index in [0.29, 0.717) is 23.4 Å². The molecule has 0 atom stereocenters. The number of hydrazone groups is 1. The van der Waals surface area contributed by atoms with Crippen molar-refractivity contribution in [1.29, 1.82) is 0 Å². The van der Waals surface area contributed by atoms with Crippen molar-refractivity contribution in [1.82, 2.24) is 15.2 Å². The van der Waals surface area contributed by atoms with Gasteiger partial charge in [-0.2, -0.15) is 5.10 Å². The lowest BCUT2D eigenvalue weighted by Gasteiger charge is -2.05. The number of nitrogens with zero attached hydrogens (tertiary/aromatic N) is 3. The maximum atomic E-state index is 12.1. The molecule has 3 N–H and O–H groups in total. The van der Waals surface area contributed by atoms with Crippen molar-refractivity contribution in [2.24, 2.45) is 5.10 Å². The molecule has 7 heteroatoms. The first-order chi connectivity index (χ1) is 12.1. The SMILES string of the molecule is C/C(=N\Nc1nnc(Cc2ccccc2)c(=O)[nH]1)c1ccccc1O. The largest absolute Gasteiger partial charge is 0.507 e. The molecule has 3 rings (SSSR count). The molecular formula is C18H17N5O2. The second-order valence-corrected chi connectivity index (χ2v) is 5.44. The fourth-order valence-electron chi connectivity index (χ4n) is 2.29. The summed E-state index contributed by atoms with van der Waals surface area (Å²) in [6.45, 7) is 1.73. The molecule has 3 aromatic rings. The molecule has 0 aliphatic rings. The van der Waals surface area contributed by atoms with E-state index in [2.05, 4.69) is 25.7 Å². The van der Waals surface area contributed by atoms with Crippen molar-refractivity contribution in [2.75, 3.05) is 5.43 Å². The summed E-state index contributed by atoms with van der Waals surface area (Å²) in [5.74, 6) is 0.264. The highest BCUT2D eigenvalue weighted by atomic mass is 16.3. The summed E-state index contributed by atoms with van der Waals surface area (Å²) in [6, 6.07) is 16.4. The molecule has 126 valence electrons. The minimum atomic E-state index is -0.322. The van der Waals surface area contributed by atoms with Crippen LogP contribution in [0.5, 0.6) is 5.75 Å². The number of anilines is 1. The lowest BCUT2D eigenvalue weighted by molar-refractivity contribution is 0.474. The average molecular weight is 335 g/mol. The molecule has 0 aliphatic heterocycles. The minimum Gasteiger partial charge on any atom is -0.507 e.